The average Bonchev–Trinajstić information content (AvgIpc) is 2.77. The first-order valence-corrected chi connectivity index (χ1v) is 5.79. The smallest absolute Gasteiger partial charge is 0.282 e. The van der Waals surface area contributed by atoms with E-state index < -0.39 is 0 Å². The number of amides is 1. The van der Waals surface area contributed by atoms with Gasteiger partial charge in [-0.3, -0.25) is 9.78 Å². The van der Waals surface area contributed by atoms with E-state index in [1.807, 2.05) is 25.1 Å². The fraction of sp³-hybridized carbons (Fsp3) is 0.200. The lowest BCUT2D eigenvalue weighted by Crippen LogP contribution is -2.27. The van der Waals surface area contributed by atoms with Gasteiger partial charge in [0.25, 0.3) is 5.91 Å². The number of anilines is 1. The third kappa shape index (κ3) is 2.76. The highest BCUT2D eigenvalue weighted by atomic mass is 32.1. The monoisotopic (exact) mass is 249 g/mol. The molecule has 0 bridgehead atoms. The van der Waals surface area contributed by atoms with Crippen LogP contribution < -0.4 is 11.1 Å². The molecule has 0 saturated heterocycles. The minimum Gasteiger partial charge on any atom is -0.374 e. The van der Waals surface area contributed by atoms with Crippen molar-refractivity contribution in [3.63, 3.8) is 0 Å². The maximum absolute atomic E-state index is 11.8. The minimum absolute atomic E-state index is 0.186. The van der Waals surface area contributed by atoms with E-state index in [0.717, 1.165) is 17.0 Å². The van der Waals surface area contributed by atoms with Crippen molar-refractivity contribution in [1.82, 2.24) is 20.5 Å². The van der Waals surface area contributed by atoms with Crippen LogP contribution in [0.2, 0.25) is 0 Å². The summed E-state index contributed by atoms with van der Waals surface area (Å²) >= 11 is 1.06. The van der Waals surface area contributed by atoms with Crippen molar-refractivity contribution in [2.45, 2.75) is 13.0 Å². The first-order chi connectivity index (χ1) is 8.16. The van der Waals surface area contributed by atoms with Gasteiger partial charge in [-0.1, -0.05) is 17.4 Å². The number of hydrogen-bond donors (Lipinski definition) is 2. The zero-order valence-electron chi connectivity index (χ0n) is 9.12. The van der Waals surface area contributed by atoms with E-state index in [1.165, 1.54) is 0 Å². The van der Waals surface area contributed by atoms with Gasteiger partial charge in [0.2, 0.25) is 10.1 Å². The third-order valence-electron chi connectivity index (χ3n) is 2.11. The maximum Gasteiger partial charge on any atom is 0.282 e. The molecular weight excluding hydrogens is 238 g/mol. The number of nitrogen functional groups attached to an aromatic ring is 1. The van der Waals surface area contributed by atoms with Crippen LogP contribution in [0.3, 0.4) is 0 Å². The van der Waals surface area contributed by atoms with Crippen LogP contribution in [0.25, 0.3) is 0 Å². The first kappa shape index (κ1) is 11.5. The van der Waals surface area contributed by atoms with Crippen LogP contribution in [0, 0.1) is 0 Å². The van der Waals surface area contributed by atoms with Crippen molar-refractivity contribution in [2.24, 2.45) is 0 Å². The quantitative estimate of drug-likeness (QED) is 0.846. The van der Waals surface area contributed by atoms with Gasteiger partial charge in [0.1, 0.15) is 0 Å². The van der Waals surface area contributed by atoms with Crippen molar-refractivity contribution in [3.8, 4) is 0 Å². The molecule has 2 aromatic rings. The van der Waals surface area contributed by atoms with Gasteiger partial charge >= 0.3 is 0 Å². The molecule has 0 radical (unpaired) electrons. The lowest BCUT2D eigenvalue weighted by atomic mass is 10.2. The molecule has 0 aromatic carbocycles. The van der Waals surface area contributed by atoms with E-state index in [9.17, 15) is 4.79 Å². The normalized spacial score (nSPS) is 12.1. The Morgan fingerprint density at radius 2 is 2.29 bits per heavy atom. The predicted molar refractivity (Wildman–Crippen MR) is 64.4 cm³/mol. The number of nitrogens with one attached hydrogen (secondary N) is 1. The predicted octanol–water partition coefficient (Wildman–Crippen LogP) is 1.01. The molecule has 1 atom stereocenters. The highest BCUT2D eigenvalue weighted by Gasteiger charge is 2.15. The molecule has 0 saturated carbocycles. The summed E-state index contributed by atoms with van der Waals surface area (Å²) in [5.41, 5.74) is 6.20. The van der Waals surface area contributed by atoms with Gasteiger partial charge in [-0.15, -0.1) is 10.2 Å². The van der Waals surface area contributed by atoms with E-state index in [4.69, 9.17) is 5.73 Å². The third-order valence-corrected chi connectivity index (χ3v) is 2.87. The molecule has 0 aliphatic carbocycles. The molecule has 88 valence electrons. The Labute approximate surface area is 102 Å². The zero-order chi connectivity index (χ0) is 12.3. The largest absolute Gasteiger partial charge is 0.374 e. The summed E-state index contributed by atoms with van der Waals surface area (Å²) in [6, 6.07) is 5.35. The SMILES string of the molecule is CC(NC(=O)c1nnc(N)s1)c1ccccn1. The highest BCUT2D eigenvalue weighted by Crippen LogP contribution is 2.13. The van der Waals surface area contributed by atoms with E-state index in [2.05, 4.69) is 20.5 Å². The summed E-state index contributed by atoms with van der Waals surface area (Å²) in [4.78, 5) is 15.9. The standard InChI is InChI=1S/C10H11N5OS/c1-6(7-4-2-3-5-12-7)13-8(16)9-14-15-10(11)17-9/h2-6H,1H3,(H2,11,15)(H,13,16). The molecule has 6 nitrogen and oxygen atoms in total. The van der Waals surface area contributed by atoms with Crippen molar-refractivity contribution < 1.29 is 4.79 Å². The van der Waals surface area contributed by atoms with Gasteiger partial charge in [0.15, 0.2) is 0 Å². The van der Waals surface area contributed by atoms with Gasteiger partial charge in [0.05, 0.1) is 11.7 Å². The number of rotatable bonds is 3. The minimum atomic E-state index is -0.294. The number of carbonyl (C=O) groups excluding carboxylic acids is 1. The number of pyridine rings is 1. The number of nitrogens with two attached hydrogens (primary N) is 1. The summed E-state index contributed by atoms with van der Waals surface area (Å²) in [7, 11) is 0. The van der Waals surface area contributed by atoms with Gasteiger partial charge in [-0.2, -0.15) is 0 Å². The van der Waals surface area contributed by atoms with E-state index in [0.29, 0.717) is 0 Å². The van der Waals surface area contributed by atoms with Gasteiger partial charge in [-0.05, 0) is 19.1 Å². The topological polar surface area (TPSA) is 93.8 Å². The van der Waals surface area contributed by atoms with E-state index in [-0.39, 0.29) is 22.1 Å². The van der Waals surface area contributed by atoms with E-state index >= 15 is 0 Å². The molecule has 1 amide bonds. The Morgan fingerprint density at radius 3 is 2.88 bits per heavy atom. The van der Waals surface area contributed by atoms with Gasteiger partial charge in [0, 0.05) is 6.20 Å². The Balaban J connectivity index is 2.04. The lowest BCUT2D eigenvalue weighted by Gasteiger charge is -2.11. The summed E-state index contributed by atoms with van der Waals surface area (Å²) in [5, 5.41) is 10.6. The number of hydrogen-bond acceptors (Lipinski definition) is 6. The Morgan fingerprint density at radius 1 is 1.47 bits per heavy atom. The fourth-order valence-corrected chi connectivity index (χ4v) is 1.80. The number of aromatic nitrogens is 3. The summed E-state index contributed by atoms with van der Waals surface area (Å²) in [6.07, 6.45) is 1.68. The van der Waals surface area contributed by atoms with E-state index in [1.54, 1.807) is 6.20 Å². The molecule has 3 N–H and O–H groups in total. The molecule has 2 heterocycles. The van der Waals surface area contributed by atoms with Crippen LogP contribution in [-0.2, 0) is 0 Å². The highest BCUT2D eigenvalue weighted by molar-refractivity contribution is 7.16. The van der Waals surface area contributed by atoms with Crippen molar-refractivity contribution in [3.05, 3.63) is 35.1 Å². The summed E-state index contributed by atoms with van der Waals surface area (Å²) in [5.74, 6) is -0.294. The summed E-state index contributed by atoms with van der Waals surface area (Å²) in [6.45, 7) is 1.85. The molecule has 0 fully saturated rings. The molecule has 0 aliphatic rings. The van der Waals surface area contributed by atoms with Crippen LogP contribution in [0.15, 0.2) is 24.4 Å². The Kier molecular flexibility index (Phi) is 3.29. The Hall–Kier alpha value is -2.02. The molecule has 2 rings (SSSR count). The molecule has 1 unspecified atom stereocenters. The number of nitrogens with zero attached hydrogens (tertiary/aromatic N) is 3. The maximum atomic E-state index is 11.8. The van der Waals surface area contributed by atoms with Crippen LogP contribution in [0.1, 0.15) is 28.5 Å². The van der Waals surface area contributed by atoms with Crippen LogP contribution >= 0.6 is 11.3 Å². The molecule has 0 aliphatic heterocycles. The first-order valence-electron chi connectivity index (χ1n) is 4.97. The Bertz CT molecular complexity index is 512. The average molecular weight is 249 g/mol. The van der Waals surface area contributed by atoms with Crippen molar-refractivity contribution in [1.29, 1.82) is 0 Å². The van der Waals surface area contributed by atoms with Crippen LogP contribution in [0.4, 0.5) is 5.13 Å². The molecular formula is C10H11N5OS. The molecule has 2 aromatic heterocycles. The zero-order valence-corrected chi connectivity index (χ0v) is 9.94. The van der Waals surface area contributed by atoms with Gasteiger partial charge < -0.3 is 11.1 Å². The lowest BCUT2D eigenvalue weighted by molar-refractivity contribution is 0.0938. The van der Waals surface area contributed by atoms with Crippen LogP contribution in [-0.4, -0.2) is 21.1 Å². The molecule has 0 spiro atoms. The second-order valence-corrected chi connectivity index (χ2v) is 4.40. The van der Waals surface area contributed by atoms with Crippen molar-refractivity contribution in [2.75, 3.05) is 5.73 Å². The second kappa shape index (κ2) is 4.88. The second-order valence-electron chi connectivity index (χ2n) is 3.40. The van der Waals surface area contributed by atoms with Crippen molar-refractivity contribution >= 4 is 22.4 Å². The van der Waals surface area contributed by atoms with Crippen LogP contribution in [0.5, 0.6) is 0 Å². The number of carbonyl (C=O) groups is 1. The fourth-order valence-electron chi connectivity index (χ4n) is 1.29. The molecule has 17 heavy (non-hydrogen) atoms. The van der Waals surface area contributed by atoms with Gasteiger partial charge in [-0.25, -0.2) is 0 Å². The summed E-state index contributed by atoms with van der Waals surface area (Å²) < 4.78 is 0. The molecule has 7 heteroatoms.